The van der Waals surface area contributed by atoms with Crippen molar-refractivity contribution in [2.75, 3.05) is 0 Å². The Labute approximate surface area is 168 Å². The summed E-state index contributed by atoms with van der Waals surface area (Å²) in [6.07, 6.45) is 3.48. The Kier molecular flexibility index (Phi) is 5.20. The zero-order chi connectivity index (χ0) is 20.4. The fourth-order valence-electron chi connectivity index (χ4n) is 3.24. The molecule has 4 aromatic rings. The fraction of sp³-hybridized carbons (Fsp3) is 0.0952. The average Bonchev–Trinajstić information content (AvgIpc) is 3.21. The minimum atomic E-state index is -2.70. The predicted octanol–water partition coefficient (Wildman–Crippen LogP) is 2.94. The molecule has 148 valence electrons. The summed E-state index contributed by atoms with van der Waals surface area (Å²) in [6.45, 7) is 0.166. The van der Waals surface area contributed by atoms with Gasteiger partial charge in [0.2, 0.25) is 10.9 Å². The third kappa shape index (κ3) is 3.94. The highest BCUT2D eigenvalue weighted by molar-refractivity contribution is 7.70. The number of pyridine rings is 1. The van der Waals surface area contributed by atoms with Crippen LogP contribution >= 0.6 is 0 Å². The number of para-hydroxylation sites is 1. The Morgan fingerprint density at radius 3 is 2.62 bits per heavy atom. The van der Waals surface area contributed by atoms with Gasteiger partial charge >= 0.3 is 0 Å². The molecule has 0 aliphatic rings. The molecule has 0 spiro atoms. The van der Waals surface area contributed by atoms with Gasteiger partial charge in [-0.05, 0) is 35.9 Å². The lowest BCUT2D eigenvalue weighted by Crippen LogP contribution is -2.16. The van der Waals surface area contributed by atoms with Gasteiger partial charge in [-0.15, -0.1) is 0 Å². The van der Waals surface area contributed by atoms with Crippen LogP contribution in [0.1, 0.15) is 5.56 Å². The number of nitrogens with zero attached hydrogens (tertiary/aromatic N) is 1. The Bertz CT molecular complexity index is 1300. The molecule has 0 saturated carbocycles. The third-order valence-electron chi connectivity index (χ3n) is 4.61. The molecule has 29 heavy (non-hydrogen) atoms. The number of hydrogen-bond donors (Lipinski definition) is 3. The Morgan fingerprint density at radius 1 is 1.07 bits per heavy atom. The number of nitrogens with one attached hydrogen (secondary N) is 2. The van der Waals surface area contributed by atoms with E-state index < -0.39 is 10.9 Å². The molecule has 0 radical (unpaired) electrons. The summed E-state index contributed by atoms with van der Waals surface area (Å²) < 4.78 is 31.9. The number of ether oxygens (including phenoxy) is 1. The second-order valence-electron chi connectivity index (χ2n) is 6.56. The van der Waals surface area contributed by atoms with E-state index in [1.807, 2.05) is 48.5 Å². The highest BCUT2D eigenvalue weighted by Gasteiger charge is 2.15. The molecule has 8 heteroatoms. The minimum absolute atomic E-state index is 0.125. The van der Waals surface area contributed by atoms with Crippen molar-refractivity contribution in [3.63, 3.8) is 0 Å². The molecule has 0 aliphatic heterocycles. The second-order valence-corrected chi connectivity index (χ2v) is 7.39. The van der Waals surface area contributed by atoms with Crippen LogP contribution in [0.5, 0.6) is 11.5 Å². The van der Waals surface area contributed by atoms with E-state index in [1.165, 1.54) is 4.57 Å². The van der Waals surface area contributed by atoms with Crippen molar-refractivity contribution in [3.8, 4) is 22.6 Å². The molecule has 0 fully saturated rings. The normalized spacial score (nSPS) is 11.2. The van der Waals surface area contributed by atoms with Crippen molar-refractivity contribution in [2.45, 2.75) is 6.54 Å². The maximum atomic E-state index is 12.4. The van der Waals surface area contributed by atoms with Crippen LogP contribution in [0.3, 0.4) is 0 Å². The molecule has 0 saturated heterocycles. The van der Waals surface area contributed by atoms with Gasteiger partial charge < -0.3 is 14.3 Å². The van der Waals surface area contributed by atoms with Crippen LogP contribution in [0.4, 0.5) is 0 Å². The highest BCUT2D eigenvalue weighted by Crippen LogP contribution is 2.37. The maximum absolute atomic E-state index is 12.4. The summed E-state index contributed by atoms with van der Waals surface area (Å²) >= 11 is 0. The quantitative estimate of drug-likeness (QED) is 0.427. The van der Waals surface area contributed by atoms with Gasteiger partial charge in [0.05, 0.1) is 0 Å². The largest absolute Gasteiger partial charge is 0.457 e. The van der Waals surface area contributed by atoms with Gasteiger partial charge in [-0.2, -0.15) is 0 Å². The highest BCUT2D eigenvalue weighted by atomic mass is 32.2. The molecule has 0 atom stereocenters. The topological polar surface area (TPSA) is 93.2 Å². The second kappa shape index (κ2) is 7.94. The zero-order valence-corrected chi connectivity index (χ0v) is 16.5. The summed E-state index contributed by atoms with van der Waals surface area (Å²) in [4.78, 5) is 15.4. The number of fused-ring (bicyclic) bond motifs is 1. The summed E-state index contributed by atoms with van der Waals surface area (Å²) in [5.41, 5.74) is 2.72. The van der Waals surface area contributed by atoms with Gasteiger partial charge in [-0.1, -0.05) is 24.3 Å². The van der Waals surface area contributed by atoms with Gasteiger partial charge in [-0.3, -0.25) is 4.79 Å². The first-order valence-corrected chi connectivity index (χ1v) is 10.1. The van der Waals surface area contributed by atoms with Gasteiger partial charge in [-0.25, -0.2) is 13.1 Å². The lowest BCUT2D eigenvalue weighted by molar-refractivity contribution is 0.484. The molecule has 0 amide bonds. The van der Waals surface area contributed by atoms with Crippen molar-refractivity contribution >= 4 is 21.8 Å². The summed E-state index contributed by atoms with van der Waals surface area (Å²) in [5.74, 6) is 1.28. The van der Waals surface area contributed by atoms with Crippen LogP contribution in [0.25, 0.3) is 22.0 Å². The zero-order valence-electron chi connectivity index (χ0n) is 15.6. The Hall–Kier alpha value is -3.36. The molecule has 2 aromatic heterocycles. The molecule has 4 rings (SSSR count). The summed E-state index contributed by atoms with van der Waals surface area (Å²) in [7, 11) is -1.01. The third-order valence-corrected chi connectivity index (χ3v) is 5.03. The standard InChI is InChI=1S/C21H19N3O4S/c1-24-13-18(16-9-10-22-20(16)21(24)25)17-11-14(12-23-29(26)27)7-8-19(17)28-15-5-3-2-4-6-15/h2-11,13,22,29H,12H2,1H3,(H,23,26,27). The van der Waals surface area contributed by atoms with E-state index in [2.05, 4.69) is 9.71 Å². The first kappa shape index (κ1) is 19.0. The number of hydrogen-bond acceptors (Lipinski definition) is 4. The number of thiol groups is 1. The van der Waals surface area contributed by atoms with E-state index in [9.17, 15) is 13.2 Å². The average molecular weight is 409 g/mol. The number of aromatic nitrogens is 2. The SMILES string of the molecule is Cn1cc(-c2cc(CN[SH](=O)=O)ccc2Oc2ccccc2)c2cc[nH]c2c1=O. The lowest BCUT2D eigenvalue weighted by atomic mass is 10.0. The van der Waals surface area contributed by atoms with Gasteiger partial charge in [0.15, 0.2) is 0 Å². The molecule has 7 nitrogen and oxygen atoms in total. The molecular weight excluding hydrogens is 390 g/mol. The van der Waals surface area contributed by atoms with Gasteiger partial charge in [0.1, 0.15) is 17.0 Å². The molecule has 2 heterocycles. The molecule has 2 N–H and O–H groups in total. The molecule has 2 aromatic carbocycles. The van der Waals surface area contributed by atoms with Crippen molar-refractivity contribution in [3.05, 3.63) is 82.9 Å². The minimum Gasteiger partial charge on any atom is -0.457 e. The smallest absolute Gasteiger partial charge is 0.274 e. The van der Waals surface area contributed by atoms with E-state index >= 15 is 0 Å². The first-order chi connectivity index (χ1) is 14.0. The first-order valence-electron chi connectivity index (χ1n) is 8.94. The van der Waals surface area contributed by atoms with Crippen LogP contribution < -0.4 is 15.0 Å². The van der Waals surface area contributed by atoms with E-state index in [4.69, 9.17) is 4.74 Å². The monoisotopic (exact) mass is 409 g/mol. The van der Waals surface area contributed by atoms with Crippen LogP contribution in [0, 0.1) is 0 Å². The van der Waals surface area contributed by atoms with Crippen LogP contribution in [0.15, 0.2) is 71.8 Å². The van der Waals surface area contributed by atoms with Crippen molar-refractivity contribution in [1.29, 1.82) is 0 Å². The maximum Gasteiger partial charge on any atom is 0.274 e. The lowest BCUT2D eigenvalue weighted by Gasteiger charge is -2.15. The number of benzene rings is 2. The van der Waals surface area contributed by atoms with Crippen molar-refractivity contribution < 1.29 is 13.2 Å². The Balaban J connectivity index is 1.89. The van der Waals surface area contributed by atoms with Crippen LogP contribution in [0.2, 0.25) is 0 Å². The van der Waals surface area contributed by atoms with Crippen LogP contribution in [-0.2, 0) is 24.5 Å². The molecule has 0 bridgehead atoms. The number of rotatable bonds is 6. The Morgan fingerprint density at radius 2 is 1.86 bits per heavy atom. The van der Waals surface area contributed by atoms with Gasteiger partial charge in [0.25, 0.3) is 5.56 Å². The van der Waals surface area contributed by atoms with Crippen molar-refractivity contribution in [1.82, 2.24) is 14.3 Å². The van der Waals surface area contributed by atoms with E-state index in [0.717, 1.165) is 22.1 Å². The number of aromatic amines is 1. The predicted molar refractivity (Wildman–Crippen MR) is 113 cm³/mol. The summed E-state index contributed by atoms with van der Waals surface area (Å²) in [6, 6.07) is 16.7. The number of H-pyrrole nitrogens is 1. The summed E-state index contributed by atoms with van der Waals surface area (Å²) in [5, 5.41) is 0.769. The number of aryl methyl sites for hydroxylation is 1. The molecule has 0 aliphatic carbocycles. The fourth-order valence-corrected chi connectivity index (χ4v) is 3.55. The van der Waals surface area contributed by atoms with Crippen molar-refractivity contribution in [2.24, 2.45) is 7.05 Å². The van der Waals surface area contributed by atoms with E-state index in [0.29, 0.717) is 17.0 Å². The van der Waals surface area contributed by atoms with Gasteiger partial charge in [0, 0.05) is 42.5 Å². The van der Waals surface area contributed by atoms with Crippen LogP contribution in [-0.4, -0.2) is 18.0 Å². The molecule has 0 unspecified atom stereocenters. The molecular formula is C21H19N3O4S. The van der Waals surface area contributed by atoms with E-state index in [1.54, 1.807) is 25.5 Å². The van der Waals surface area contributed by atoms with E-state index in [-0.39, 0.29) is 12.1 Å².